The number of aromatic nitrogens is 1. The number of aryl methyl sites for hydroxylation is 1. The molecule has 1 aromatic heterocycles. The first kappa shape index (κ1) is 12.0. The van der Waals surface area contributed by atoms with Gasteiger partial charge in [0.05, 0.1) is 17.7 Å². The summed E-state index contributed by atoms with van der Waals surface area (Å²) in [4.78, 5) is 16.2. The number of pyridine rings is 1. The summed E-state index contributed by atoms with van der Waals surface area (Å²) in [7, 11) is 0. The van der Waals surface area contributed by atoms with Gasteiger partial charge in [-0.2, -0.15) is 0 Å². The lowest BCUT2D eigenvalue weighted by Gasteiger charge is -2.09. The lowest BCUT2D eigenvalue weighted by atomic mass is 10.0. The fourth-order valence-electron chi connectivity index (χ4n) is 1.74. The Bertz CT molecular complexity index is 576. The Morgan fingerprint density at radius 3 is 2.94 bits per heavy atom. The quantitative estimate of drug-likeness (QED) is 0.796. The summed E-state index contributed by atoms with van der Waals surface area (Å²) in [6.07, 6.45) is 1.70. The maximum Gasteiger partial charge on any atom is 0.339 e. The Kier molecular flexibility index (Phi) is 3.43. The second-order valence-corrected chi connectivity index (χ2v) is 4.61. The van der Waals surface area contributed by atoms with Gasteiger partial charge < -0.3 is 4.74 Å². The van der Waals surface area contributed by atoms with Gasteiger partial charge in [-0.3, -0.25) is 4.98 Å². The number of esters is 1. The minimum atomic E-state index is -0.296. The van der Waals surface area contributed by atoms with Crippen molar-refractivity contribution in [3.8, 4) is 0 Å². The van der Waals surface area contributed by atoms with E-state index in [0.717, 1.165) is 20.9 Å². The van der Waals surface area contributed by atoms with Crippen LogP contribution in [0.25, 0.3) is 10.9 Å². The first-order chi connectivity index (χ1) is 8.13. The number of hydrogen-bond acceptors (Lipinski definition) is 3. The Balaban J connectivity index is 2.70. The van der Waals surface area contributed by atoms with E-state index in [1.165, 1.54) is 0 Å². The predicted octanol–water partition coefficient (Wildman–Crippen LogP) is 3.48. The number of nitrogens with zero attached hydrogens (tertiary/aromatic N) is 1. The molecule has 2 rings (SSSR count). The molecule has 17 heavy (non-hydrogen) atoms. The van der Waals surface area contributed by atoms with Crippen molar-refractivity contribution in [2.24, 2.45) is 0 Å². The molecule has 0 aliphatic rings. The third-order valence-electron chi connectivity index (χ3n) is 2.50. The zero-order valence-corrected chi connectivity index (χ0v) is 11.2. The molecule has 0 saturated carbocycles. The van der Waals surface area contributed by atoms with Crippen LogP contribution in [0.2, 0.25) is 0 Å². The molecule has 4 heteroatoms. The molecule has 2 aromatic rings. The van der Waals surface area contributed by atoms with E-state index in [0.29, 0.717) is 12.2 Å². The fraction of sp³-hybridized carbons (Fsp3) is 0.231. The molecule has 0 fully saturated rings. The highest BCUT2D eigenvalue weighted by Crippen LogP contribution is 2.24. The zero-order valence-electron chi connectivity index (χ0n) is 9.66. The van der Waals surface area contributed by atoms with Crippen LogP contribution < -0.4 is 0 Å². The van der Waals surface area contributed by atoms with Gasteiger partial charge in [0.25, 0.3) is 0 Å². The number of ether oxygens (including phenoxy) is 1. The molecule has 0 aliphatic heterocycles. The minimum Gasteiger partial charge on any atom is -0.462 e. The second kappa shape index (κ2) is 4.84. The zero-order chi connectivity index (χ0) is 12.4. The van der Waals surface area contributed by atoms with Crippen molar-refractivity contribution in [3.63, 3.8) is 0 Å². The molecule has 0 saturated heterocycles. The highest BCUT2D eigenvalue weighted by atomic mass is 79.9. The SMILES string of the molecule is CCOC(=O)c1c(C)cnc2ccc(Br)cc12. The summed E-state index contributed by atoms with van der Waals surface area (Å²) in [5.74, 6) is -0.296. The van der Waals surface area contributed by atoms with Crippen LogP contribution in [0.1, 0.15) is 22.8 Å². The van der Waals surface area contributed by atoms with Crippen LogP contribution in [0.3, 0.4) is 0 Å². The van der Waals surface area contributed by atoms with Crippen LogP contribution >= 0.6 is 15.9 Å². The van der Waals surface area contributed by atoms with Crippen LogP contribution in [-0.4, -0.2) is 17.6 Å². The van der Waals surface area contributed by atoms with Gasteiger partial charge in [0.1, 0.15) is 0 Å². The Hall–Kier alpha value is -1.42. The molecule has 88 valence electrons. The summed E-state index contributed by atoms with van der Waals surface area (Å²) in [6, 6.07) is 5.67. The molecular formula is C13H12BrNO2. The number of carbonyl (C=O) groups excluding carboxylic acids is 1. The van der Waals surface area contributed by atoms with Gasteiger partial charge >= 0.3 is 5.97 Å². The highest BCUT2D eigenvalue weighted by Gasteiger charge is 2.15. The molecule has 0 aliphatic carbocycles. The van der Waals surface area contributed by atoms with Crippen molar-refractivity contribution < 1.29 is 9.53 Å². The molecule has 0 amide bonds. The predicted molar refractivity (Wildman–Crippen MR) is 70.1 cm³/mol. The van der Waals surface area contributed by atoms with E-state index >= 15 is 0 Å². The van der Waals surface area contributed by atoms with Gasteiger partial charge in [0, 0.05) is 16.1 Å². The normalized spacial score (nSPS) is 10.5. The number of halogens is 1. The Morgan fingerprint density at radius 2 is 2.24 bits per heavy atom. The standard InChI is InChI=1S/C13H12BrNO2/c1-3-17-13(16)12-8(2)7-15-11-5-4-9(14)6-10(11)12/h4-7H,3H2,1-2H3. The largest absolute Gasteiger partial charge is 0.462 e. The summed E-state index contributed by atoms with van der Waals surface area (Å²) in [5.41, 5.74) is 2.22. The van der Waals surface area contributed by atoms with E-state index in [9.17, 15) is 4.79 Å². The molecule has 0 radical (unpaired) electrons. The van der Waals surface area contributed by atoms with Crippen LogP contribution in [0, 0.1) is 6.92 Å². The molecule has 0 spiro atoms. The first-order valence-electron chi connectivity index (χ1n) is 5.35. The molecule has 0 unspecified atom stereocenters. The first-order valence-corrected chi connectivity index (χ1v) is 6.14. The van der Waals surface area contributed by atoms with Crippen molar-refractivity contribution in [3.05, 3.63) is 40.0 Å². The smallest absolute Gasteiger partial charge is 0.339 e. The maximum absolute atomic E-state index is 11.9. The molecule has 3 nitrogen and oxygen atoms in total. The van der Waals surface area contributed by atoms with E-state index in [1.807, 2.05) is 25.1 Å². The Morgan fingerprint density at radius 1 is 1.47 bits per heavy atom. The average molecular weight is 294 g/mol. The van der Waals surface area contributed by atoms with E-state index in [-0.39, 0.29) is 5.97 Å². The molecule has 0 N–H and O–H groups in total. The van der Waals surface area contributed by atoms with Crippen LogP contribution in [0.15, 0.2) is 28.9 Å². The lowest BCUT2D eigenvalue weighted by molar-refractivity contribution is 0.0528. The minimum absolute atomic E-state index is 0.296. The van der Waals surface area contributed by atoms with Crippen molar-refractivity contribution in [1.82, 2.24) is 4.98 Å². The number of fused-ring (bicyclic) bond motifs is 1. The van der Waals surface area contributed by atoms with E-state index < -0.39 is 0 Å². The van der Waals surface area contributed by atoms with Crippen molar-refractivity contribution in [2.45, 2.75) is 13.8 Å². The fourth-order valence-corrected chi connectivity index (χ4v) is 2.10. The van der Waals surface area contributed by atoms with Crippen LogP contribution in [0.5, 0.6) is 0 Å². The number of carbonyl (C=O) groups is 1. The molecule has 1 aromatic carbocycles. The molecule has 0 atom stereocenters. The van der Waals surface area contributed by atoms with Gasteiger partial charge in [0.15, 0.2) is 0 Å². The monoisotopic (exact) mass is 293 g/mol. The van der Waals surface area contributed by atoms with Crippen molar-refractivity contribution in [1.29, 1.82) is 0 Å². The Labute approximate surface area is 108 Å². The van der Waals surface area contributed by atoms with E-state index in [2.05, 4.69) is 20.9 Å². The number of benzene rings is 1. The average Bonchev–Trinajstić information content (AvgIpc) is 2.28. The molecular weight excluding hydrogens is 282 g/mol. The van der Waals surface area contributed by atoms with Gasteiger partial charge in [-0.05, 0) is 37.6 Å². The van der Waals surface area contributed by atoms with Gasteiger partial charge in [-0.1, -0.05) is 15.9 Å². The van der Waals surface area contributed by atoms with E-state index in [4.69, 9.17) is 4.74 Å². The third-order valence-corrected chi connectivity index (χ3v) is 2.99. The number of rotatable bonds is 2. The topological polar surface area (TPSA) is 39.2 Å². The van der Waals surface area contributed by atoms with Gasteiger partial charge in [-0.25, -0.2) is 4.79 Å². The van der Waals surface area contributed by atoms with Gasteiger partial charge in [-0.15, -0.1) is 0 Å². The number of hydrogen-bond donors (Lipinski definition) is 0. The summed E-state index contributed by atoms with van der Waals surface area (Å²) in [6.45, 7) is 4.03. The maximum atomic E-state index is 11.9. The molecule has 1 heterocycles. The second-order valence-electron chi connectivity index (χ2n) is 3.70. The molecule has 0 bridgehead atoms. The van der Waals surface area contributed by atoms with Gasteiger partial charge in [0.2, 0.25) is 0 Å². The van der Waals surface area contributed by atoms with Crippen LogP contribution in [0.4, 0.5) is 0 Å². The lowest BCUT2D eigenvalue weighted by Crippen LogP contribution is -2.08. The van der Waals surface area contributed by atoms with Crippen molar-refractivity contribution in [2.75, 3.05) is 6.61 Å². The summed E-state index contributed by atoms with van der Waals surface area (Å²) in [5, 5.41) is 0.817. The van der Waals surface area contributed by atoms with Crippen LogP contribution in [-0.2, 0) is 4.74 Å². The highest BCUT2D eigenvalue weighted by molar-refractivity contribution is 9.10. The summed E-state index contributed by atoms with van der Waals surface area (Å²) >= 11 is 3.40. The van der Waals surface area contributed by atoms with Crippen molar-refractivity contribution >= 4 is 32.8 Å². The summed E-state index contributed by atoms with van der Waals surface area (Å²) < 4.78 is 5.99. The van der Waals surface area contributed by atoms with E-state index in [1.54, 1.807) is 13.1 Å². The third kappa shape index (κ3) is 2.31.